The zero-order valence-corrected chi connectivity index (χ0v) is 10.7. The second-order valence-corrected chi connectivity index (χ2v) is 4.66. The van der Waals surface area contributed by atoms with Crippen molar-refractivity contribution in [1.82, 2.24) is 16.0 Å². The number of piperidine rings is 1. The summed E-state index contributed by atoms with van der Waals surface area (Å²) in [5.41, 5.74) is 0. The number of carbonyl (C=O) groups excluding carboxylic acids is 2. The summed E-state index contributed by atoms with van der Waals surface area (Å²) < 4.78 is 0. The minimum atomic E-state index is -0.0468. The number of hydrogen-bond donors (Lipinski definition) is 3. The Hall–Kier alpha value is -1.10. The third kappa shape index (κ3) is 5.17. The van der Waals surface area contributed by atoms with Crippen molar-refractivity contribution in [3.63, 3.8) is 0 Å². The highest BCUT2D eigenvalue weighted by Gasteiger charge is 2.22. The largest absolute Gasteiger partial charge is 0.359 e. The molecule has 0 radical (unpaired) electrons. The summed E-state index contributed by atoms with van der Waals surface area (Å²) in [7, 11) is 1.60. The molecular formula is C12H23N3O2. The Labute approximate surface area is 103 Å². The van der Waals surface area contributed by atoms with Gasteiger partial charge in [-0.1, -0.05) is 6.92 Å². The molecule has 1 rings (SSSR count). The van der Waals surface area contributed by atoms with Crippen LogP contribution in [-0.2, 0) is 9.59 Å². The Morgan fingerprint density at radius 1 is 1.35 bits per heavy atom. The summed E-state index contributed by atoms with van der Waals surface area (Å²) in [5.74, 6) is 0.531. The van der Waals surface area contributed by atoms with E-state index in [2.05, 4.69) is 22.9 Å². The van der Waals surface area contributed by atoms with Crippen LogP contribution in [0.2, 0.25) is 0 Å². The summed E-state index contributed by atoms with van der Waals surface area (Å²) in [6, 6.07) is 0.281. The molecule has 1 saturated heterocycles. The summed E-state index contributed by atoms with van der Waals surface area (Å²) in [5, 5.41) is 8.67. The fourth-order valence-electron chi connectivity index (χ4n) is 2.10. The molecule has 5 nitrogen and oxygen atoms in total. The maximum Gasteiger partial charge on any atom is 0.221 e. The second-order valence-electron chi connectivity index (χ2n) is 4.66. The van der Waals surface area contributed by atoms with Gasteiger partial charge in [0.1, 0.15) is 0 Å². The molecule has 1 aliphatic heterocycles. The summed E-state index contributed by atoms with van der Waals surface area (Å²) in [6.45, 7) is 3.59. The molecule has 1 heterocycles. The fraction of sp³-hybridized carbons (Fsp3) is 0.833. The molecule has 2 amide bonds. The minimum absolute atomic E-state index is 0.0279. The molecule has 98 valence electrons. The van der Waals surface area contributed by atoms with Crippen molar-refractivity contribution in [3.05, 3.63) is 0 Å². The van der Waals surface area contributed by atoms with Crippen LogP contribution in [0.4, 0.5) is 0 Å². The molecule has 0 spiro atoms. The Morgan fingerprint density at radius 2 is 2.12 bits per heavy atom. The lowest BCUT2D eigenvalue weighted by Crippen LogP contribution is -2.43. The average molecular weight is 241 g/mol. The Bertz CT molecular complexity index is 268. The van der Waals surface area contributed by atoms with E-state index in [0.29, 0.717) is 25.3 Å². The molecule has 1 aliphatic rings. The first-order valence-electron chi connectivity index (χ1n) is 6.34. The molecule has 0 aromatic heterocycles. The van der Waals surface area contributed by atoms with E-state index in [0.717, 1.165) is 6.54 Å². The van der Waals surface area contributed by atoms with Crippen molar-refractivity contribution in [2.24, 2.45) is 5.92 Å². The quantitative estimate of drug-likeness (QED) is 0.635. The summed E-state index contributed by atoms with van der Waals surface area (Å²) >= 11 is 0. The molecule has 0 aromatic carbocycles. The van der Waals surface area contributed by atoms with E-state index in [1.54, 1.807) is 7.05 Å². The van der Waals surface area contributed by atoms with Crippen LogP contribution in [0.15, 0.2) is 0 Å². The van der Waals surface area contributed by atoms with Crippen LogP contribution in [0.25, 0.3) is 0 Å². The fourth-order valence-corrected chi connectivity index (χ4v) is 2.10. The third-order valence-corrected chi connectivity index (χ3v) is 3.29. The maximum absolute atomic E-state index is 11.6. The van der Waals surface area contributed by atoms with Gasteiger partial charge in [-0.2, -0.15) is 0 Å². The molecule has 0 aliphatic carbocycles. The van der Waals surface area contributed by atoms with Gasteiger partial charge in [-0.15, -0.1) is 0 Å². The Kier molecular flexibility index (Phi) is 5.97. The highest BCUT2D eigenvalue weighted by Crippen LogP contribution is 2.17. The number of nitrogens with one attached hydrogen (secondary N) is 3. The van der Waals surface area contributed by atoms with E-state index in [4.69, 9.17) is 0 Å². The van der Waals surface area contributed by atoms with Gasteiger partial charge >= 0.3 is 0 Å². The van der Waals surface area contributed by atoms with Crippen molar-refractivity contribution >= 4 is 11.8 Å². The van der Waals surface area contributed by atoms with Crippen LogP contribution < -0.4 is 16.0 Å². The first kappa shape index (κ1) is 14.0. The van der Waals surface area contributed by atoms with Crippen LogP contribution in [0.3, 0.4) is 0 Å². The summed E-state index contributed by atoms with van der Waals surface area (Å²) in [4.78, 5) is 22.6. The second kappa shape index (κ2) is 7.27. The van der Waals surface area contributed by atoms with Gasteiger partial charge in [0.05, 0.1) is 0 Å². The van der Waals surface area contributed by atoms with E-state index in [-0.39, 0.29) is 17.9 Å². The predicted molar refractivity (Wildman–Crippen MR) is 66.5 cm³/mol. The standard InChI is InChI=1S/C12H23N3O2/c1-9-4-3-6-14-10(9)8-12(17)15-7-5-11(16)13-2/h9-10,14H,3-8H2,1-2H3,(H,13,16)(H,15,17). The van der Waals surface area contributed by atoms with Gasteiger partial charge in [0.15, 0.2) is 0 Å². The lowest BCUT2D eigenvalue weighted by molar-refractivity contribution is -0.122. The van der Waals surface area contributed by atoms with Crippen molar-refractivity contribution in [2.75, 3.05) is 20.1 Å². The van der Waals surface area contributed by atoms with E-state index in [1.807, 2.05) is 0 Å². The molecule has 2 unspecified atom stereocenters. The molecule has 3 N–H and O–H groups in total. The molecule has 2 atom stereocenters. The molecule has 17 heavy (non-hydrogen) atoms. The highest BCUT2D eigenvalue weighted by atomic mass is 16.2. The molecule has 5 heteroatoms. The van der Waals surface area contributed by atoms with Gasteiger partial charge in [-0.3, -0.25) is 9.59 Å². The van der Waals surface area contributed by atoms with E-state index in [9.17, 15) is 9.59 Å². The van der Waals surface area contributed by atoms with E-state index >= 15 is 0 Å². The van der Waals surface area contributed by atoms with E-state index < -0.39 is 0 Å². The number of amides is 2. The SMILES string of the molecule is CNC(=O)CCNC(=O)CC1NCCCC1C. The lowest BCUT2D eigenvalue weighted by atomic mass is 9.90. The van der Waals surface area contributed by atoms with Crippen molar-refractivity contribution in [1.29, 1.82) is 0 Å². The van der Waals surface area contributed by atoms with Crippen molar-refractivity contribution in [2.45, 2.75) is 38.6 Å². The molecule has 0 aromatic rings. The normalized spacial score (nSPS) is 24.1. The predicted octanol–water partition coefficient (Wildman–Crippen LogP) is 0.0169. The van der Waals surface area contributed by atoms with Gasteiger partial charge in [0.2, 0.25) is 11.8 Å². The molecule has 0 bridgehead atoms. The van der Waals surface area contributed by atoms with Crippen molar-refractivity contribution < 1.29 is 9.59 Å². The minimum Gasteiger partial charge on any atom is -0.359 e. The first-order chi connectivity index (χ1) is 8.13. The average Bonchev–Trinajstić information content (AvgIpc) is 2.32. The van der Waals surface area contributed by atoms with Crippen LogP contribution in [0.1, 0.15) is 32.6 Å². The zero-order chi connectivity index (χ0) is 12.7. The highest BCUT2D eigenvalue weighted by molar-refractivity contribution is 5.79. The number of carbonyl (C=O) groups is 2. The van der Waals surface area contributed by atoms with Crippen LogP contribution >= 0.6 is 0 Å². The van der Waals surface area contributed by atoms with E-state index in [1.165, 1.54) is 12.8 Å². The number of hydrogen-bond acceptors (Lipinski definition) is 3. The Morgan fingerprint density at radius 3 is 2.76 bits per heavy atom. The van der Waals surface area contributed by atoms with Crippen LogP contribution in [-0.4, -0.2) is 38.0 Å². The molecule has 0 saturated carbocycles. The zero-order valence-electron chi connectivity index (χ0n) is 10.7. The van der Waals surface area contributed by atoms with Crippen LogP contribution in [0, 0.1) is 5.92 Å². The van der Waals surface area contributed by atoms with Crippen molar-refractivity contribution in [3.8, 4) is 0 Å². The summed E-state index contributed by atoms with van der Waals surface area (Å²) in [6.07, 6.45) is 3.23. The van der Waals surface area contributed by atoms with Gasteiger partial charge in [0, 0.05) is 32.5 Å². The molecular weight excluding hydrogens is 218 g/mol. The number of rotatable bonds is 5. The topological polar surface area (TPSA) is 70.2 Å². The lowest BCUT2D eigenvalue weighted by Gasteiger charge is -2.29. The van der Waals surface area contributed by atoms with Gasteiger partial charge in [0.25, 0.3) is 0 Å². The first-order valence-corrected chi connectivity index (χ1v) is 6.34. The maximum atomic E-state index is 11.6. The molecule has 1 fully saturated rings. The van der Waals surface area contributed by atoms with Gasteiger partial charge < -0.3 is 16.0 Å². The van der Waals surface area contributed by atoms with Gasteiger partial charge in [-0.05, 0) is 25.3 Å². The third-order valence-electron chi connectivity index (χ3n) is 3.29. The monoisotopic (exact) mass is 241 g/mol. The van der Waals surface area contributed by atoms with Gasteiger partial charge in [-0.25, -0.2) is 0 Å². The Balaban J connectivity index is 2.17. The smallest absolute Gasteiger partial charge is 0.221 e. The van der Waals surface area contributed by atoms with Crippen LogP contribution in [0.5, 0.6) is 0 Å².